The molecule has 0 aliphatic carbocycles. The van der Waals surface area contributed by atoms with Crippen LogP contribution in [-0.4, -0.2) is 28.0 Å². The molecule has 1 heterocycles. The van der Waals surface area contributed by atoms with Crippen molar-refractivity contribution in [1.82, 2.24) is 4.90 Å². The fourth-order valence-corrected chi connectivity index (χ4v) is 3.37. The van der Waals surface area contributed by atoms with Crippen molar-refractivity contribution in [3.05, 3.63) is 74.8 Å². The maximum Gasteiger partial charge on any atom is 0.411 e. The first-order chi connectivity index (χ1) is 12.3. The maximum absolute atomic E-state index is 12.4. The van der Waals surface area contributed by atoms with Crippen molar-refractivity contribution in [2.24, 2.45) is 0 Å². The van der Waals surface area contributed by atoms with Crippen LogP contribution < -0.4 is 0 Å². The Balaban J connectivity index is 1.74. The van der Waals surface area contributed by atoms with E-state index in [1.165, 1.54) is 12.1 Å². The summed E-state index contributed by atoms with van der Waals surface area (Å²) < 4.78 is 5.53. The smallest absolute Gasteiger partial charge is 0.411 e. The Labute approximate surface area is 156 Å². The molecule has 7 heteroatoms. The van der Waals surface area contributed by atoms with E-state index < -0.39 is 10.5 Å². The molecule has 3 rings (SSSR count). The van der Waals surface area contributed by atoms with Gasteiger partial charge in [0.05, 0.1) is 11.5 Å². The molecule has 2 aromatic carbocycles. The molecule has 0 N–H and O–H groups in total. The Morgan fingerprint density at radius 3 is 2.58 bits per heavy atom. The standard InChI is InChI=1S/C19H19ClN2O4/c1-19(2,11-13-6-8-16(9-7-13)22(24)25)21-12-17(26-18(21)23)14-4-3-5-15(20)10-14/h3-10,17H,11-12H2,1-2H3/t17-/m0/s1. The van der Waals surface area contributed by atoms with E-state index in [-0.39, 0.29) is 17.9 Å². The van der Waals surface area contributed by atoms with Gasteiger partial charge in [0.2, 0.25) is 0 Å². The lowest BCUT2D eigenvalue weighted by atomic mass is 9.92. The number of nitro groups is 1. The minimum Gasteiger partial charge on any atom is -0.439 e. The summed E-state index contributed by atoms with van der Waals surface area (Å²) in [6.45, 7) is 4.34. The molecule has 6 nitrogen and oxygen atoms in total. The number of nitrogens with zero attached hydrogens (tertiary/aromatic N) is 2. The van der Waals surface area contributed by atoms with Crippen LogP contribution in [0.4, 0.5) is 10.5 Å². The summed E-state index contributed by atoms with van der Waals surface area (Å²) >= 11 is 6.03. The maximum atomic E-state index is 12.4. The van der Waals surface area contributed by atoms with Crippen LogP contribution in [0.2, 0.25) is 5.02 Å². The van der Waals surface area contributed by atoms with Crippen LogP contribution >= 0.6 is 11.6 Å². The molecule has 0 spiro atoms. The van der Waals surface area contributed by atoms with Crippen LogP contribution in [0.1, 0.15) is 31.1 Å². The largest absolute Gasteiger partial charge is 0.439 e. The highest BCUT2D eigenvalue weighted by molar-refractivity contribution is 6.30. The number of ether oxygens (including phenoxy) is 1. The van der Waals surface area contributed by atoms with Crippen molar-refractivity contribution in [3.8, 4) is 0 Å². The Kier molecular flexibility index (Phi) is 4.87. The highest BCUT2D eigenvalue weighted by Crippen LogP contribution is 2.33. The van der Waals surface area contributed by atoms with Gasteiger partial charge in [-0.25, -0.2) is 4.79 Å². The molecular formula is C19H19ClN2O4. The molecule has 0 aromatic heterocycles. The quantitative estimate of drug-likeness (QED) is 0.558. The van der Waals surface area contributed by atoms with E-state index in [4.69, 9.17) is 16.3 Å². The molecule has 136 valence electrons. The molecule has 1 fully saturated rings. The third-order valence-corrected chi connectivity index (χ3v) is 4.78. The van der Waals surface area contributed by atoms with Crippen molar-refractivity contribution in [1.29, 1.82) is 0 Å². The molecule has 2 aromatic rings. The predicted octanol–water partition coefficient (Wildman–Crippen LogP) is 4.76. The summed E-state index contributed by atoms with van der Waals surface area (Å²) in [5.74, 6) is 0. The third kappa shape index (κ3) is 3.80. The zero-order valence-corrected chi connectivity index (χ0v) is 15.3. The molecule has 0 bridgehead atoms. The number of carbonyl (C=O) groups excluding carboxylic acids is 1. The second-order valence-corrected chi connectivity index (χ2v) is 7.39. The number of non-ortho nitro benzene ring substituents is 1. The third-order valence-electron chi connectivity index (χ3n) is 4.55. The number of amides is 1. The van der Waals surface area contributed by atoms with Gasteiger partial charge in [-0.2, -0.15) is 0 Å². The fourth-order valence-electron chi connectivity index (χ4n) is 3.17. The monoisotopic (exact) mass is 374 g/mol. The number of benzene rings is 2. The summed E-state index contributed by atoms with van der Waals surface area (Å²) in [6.07, 6.45) is -0.179. The molecule has 0 saturated carbocycles. The number of carbonyl (C=O) groups is 1. The lowest BCUT2D eigenvalue weighted by Gasteiger charge is -2.33. The van der Waals surface area contributed by atoms with E-state index >= 15 is 0 Å². The van der Waals surface area contributed by atoms with Crippen LogP contribution in [0.15, 0.2) is 48.5 Å². The average Bonchev–Trinajstić information content (AvgIpc) is 2.98. The molecule has 1 aliphatic heterocycles. The Morgan fingerprint density at radius 2 is 1.96 bits per heavy atom. The fraction of sp³-hybridized carbons (Fsp3) is 0.316. The van der Waals surface area contributed by atoms with Gasteiger partial charge >= 0.3 is 6.09 Å². The summed E-state index contributed by atoms with van der Waals surface area (Å²) in [6, 6.07) is 13.7. The minimum atomic E-state index is -0.499. The SMILES string of the molecule is CC(C)(Cc1ccc([N+](=O)[O-])cc1)N1C[C@@H](c2cccc(Cl)c2)OC1=O. The van der Waals surface area contributed by atoms with E-state index in [1.54, 1.807) is 29.2 Å². The van der Waals surface area contributed by atoms with Crippen LogP contribution in [0.25, 0.3) is 0 Å². The van der Waals surface area contributed by atoms with Gasteiger partial charge in [0.15, 0.2) is 0 Å². The number of hydrogen-bond acceptors (Lipinski definition) is 4. The van der Waals surface area contributed by atoms with E-state index in [9.17, 15) is 14.9 Å². The second kappa shape index (κ2) is 6.96. The average molecular weight is 375 g/mol. The van der Waals surface area contributed by atoms with E-state index in [0.29, 0.717) is 18.0 Å². The van der Waals surface area contributed by atoms with Gasteiger partial charge in [0.1, 0.15) is 6.10 Å². The number of rotatable bonds is 5. The van der Waals surface area contributed by atoms with Crippen molar-refractivity contribution in [3.63, 3.8) is 0 Å². The summed E-state index contributed by atoms with van der Waals surface area (Å²) in [5, 5.41) is 11.4. The molecular weight excluding hydrogens is 356 g/mol. The van der Waals surface area contributed by atoms with Gasteiger partial charge in [-0.15, -0.1) is 0 Å². The number of hydrogen-bond donors (Lipinski definition) is 0. The number of halogens is 1. The first kappa shape index (κ1) is 18.2. The van der Waals surface area contributed by atoms with Gasteiger partial charge in [-0.05, 0) is 43.5 Å². The van der Waals surface area contributed by atoms with E-state index in [2.05, 4.69) is 0 Å². The van der Waals surface area contributed by atoms with Crippen molar-refractivity contribution < 1.29 is 14.5 Å². The highest BCUT2D eigenvalue weighted by atomic mass is 35.5. The van der Waals surface area contributed by atoms with Gasteiger partial charge in [-0.1, -0.05) is 35.9 Å². The summed E-state index contributed by atoms with van der Waals surface area (Å²) in [4.78, 5) is 24.4. The first-order valence-corrected chi connectivity index (χ1v) is 8.61. The van der Waals surface area contributed by atoms with Crippen LogP contribution in [-0.2, 0) is 11.2 Å². The molecule has 0 unspecified atom stereocenters. The van der Waals surface area contributed by atoms with Gasteiger partial charge in [-0.3, -0.25) is 15.0 Å². The number of cyclic esters (lactones) is 1. The zero-order chi connectivity index (χ0) is 18.9. The van der Waals surface area contributed by atoms with Gasteiger partial charge in [0, 0.05) is 22.7 Å². The molecule has 1 atom stereocenters. The van der Waals surface area contributed by atoms with Crippen LogP contribution in [0.5, 0.6) is 0 Å². The Morgan fingerprint density at radius 1 is 1.27 bits per heavy atom. The summed E-state index contributed by atoms with van der Waals surface area (Å²) in [5.41, 5.74) is 1.33. The Bertz CT molecular complexity index is 836. The van der Waals surface area contributed by atoms with Crippen LogP contribution in [0, 0.1) is 10.1 Å². The molecule has 1 aliphatic rings. The predicted molar refractivity (Wildman–Crippen MR) is 98.3 cm³/mol. The van der Waals surface area contributed by atoms with E-state index in [1.807, 2.05) is 26.0 Å². The summed E-state index contributed by atoms with van der Waals surface area (Å²) in [7, 11) is 0. The molecule has 1 saturated heterocycles. The lowest BCUT2D eigenvalue weighted by molar-refractivity contribution is -0.384. The molecule has 1 amide bonds. The Hall–Kier alpha value is -2.60. The van der Waals surface area contributed by atoms with Gasteiger partial charge < -0.3 is 4.74 Å². The normalized spacial score (nSPS) is 17.3. The van der Waals surface area contributed by atoms with Crippen LogP contribution in [0.3, 0.4) is 0 Å². The molecule has 26 heavy (non-hydrogen) atoms. The highest BCUT2D eigenvalue weighted by Gasteiger charge is 2.41. The molecule has 0 radical (unpaired) electrons. The van der Waals surface area contributed by atoms with Crippen molar-refractivity contribution in [2.45, 2.75) is 31.9 Å². The number of nitro benzene ring substituents is 1. The van der Waals surface area contributed by atoms with Gasteiger partial charge in [0.25, 0.3) is 5.69 Å². The first-order valence-electron chi connectivity index (χ1n) is 8.23. The van der Waals surface area contributed by atoms with Crippen molar-refractivity contribution in [2.75, 3.05) is 6.54 Å². The van der Waals surface area contributed by atoms with Crippen molar-refractivity contribution >= 4 is 23.4 Å². The van der Waals surface area contributed by atoms with E-state index in [0.717, 1.165) is 11.1 Å². The topological polar surface area (TPSA) is 72.7 Å². The second-order valence-electron chi connectivity index (χ2n) is 6.95. The zero-order valence-electron chi connectivity index (χ0n) is 14.5. The minimum absolute atomic E-state index is 0.0492. The lowest BCUT2D eigenvalue weighted by Crippen LogP contribution is -2.46.